The lowest BCUT2D eigenvalue weighted by atomic mass is 9.99. The summed E-state index contributed by atoms with van der Waals surface area (Å²) in [6, 6.07) is 0. The maximum atomic E-state index is 9.30. The fraction of sp³-hybridized carbons (Fsp3) is 1.00. The molecule has 0 aromatic rings. The summed E-state index contributed by atoms with van der Waals surface area (Å²) >= 11 is 1.96. The van der Waals surface area contributed by atoms with E-state index in [1.54, 1.807) is 0 Å². The van der Waals surface area contributed by atoms with Gasteiger partial charge < -0.3 is 10.4 Å². The fourth-order valence-electron chi connectivity index (χ4n) is 1.98. The Hall–Kier alpha value is 0.270. The van der Waals surface area contributed by atoms with Crippen molar-refractivity contribution in [3.8, 4) is 0 Å². The van der Waals surface area contributed by atoms with Crippen LogP contribution in [0.15, 0.2) is 0 Å². The Balaban J connectivity index is 2.16. The Morgan fingerprint density at radius 2 is 2.08 bits per heavy atom. The molecule has 1 aliphatic rings. The zero-order chi connectivity index (χ0) is 9.57. The number of thioether (sulfide) groups is 1. The van der Waals surface area contributed by atoms with Gasteiger partial charge in [-0.1, -0.05) is 19.8 Å². The summed E-state index contributed by atoms with van der Waals surface area (Å²) in [6.45, 7) is 3.53. The maximum absolute atomic E-state index is 9.30. The van der Waals surface area contributed by atoms with Gasteiger partial charge in [-0.3, -0.25) is 0 Å². The molecule has 0 atom stereocenters. The minimum absolute atomic E-state index is 0.0777. The molecular weight excluding hydrogens is 182 g/mol. The predicted octanol–water partition coefficient (Wildman–Crippen LogP) is 1.63. The molecule has 2 nitrogen and oxygen atoms in total. The average molecular weight is 203 g/mol. The molecule has 1 saturated carbocycles. The van der Waals surface area contributed by atoms with Crippen LogP contribution in [0.25, 0.3) is 0 Å². The van der Waals surface area contributed by atoms with Crippen molar-refractivity contribution in [2.75, 3.05) is 24.7 Å². The van der Waals surface area contributed by atoms with Crippen molar-refractivity contribution in [1.82, 2.24) is 5.32 Å². The predicted molar refractivity (Wildman–Crippen MR) is 59.3 cm³/mol. The van der Waals surface area contributed by atoms with Gasteiger partial charge in [0, 0.05) is 17.8 Å². The summed E-state index contributed by atoms with van der Waals surface area (Å²) < 4.78 is 0. The van der Waals surface area contributed by atoms with Crippen LogP contribution in [0.4, 0.5) is 0 Å². The van der Waals surface area contributed by atoms with Gasteiger partial charge in [-0.25, -0.2) is 0 Å². The van der Waals surface area contributed by atoms with Crippen LogP contribution in [0.1, 0.15) is 32.6 Å². The van der Waals surface area contributed by atoms with E-state index in [2.05, 4.69) is 12.2 Å². The number of nitrogens with one attached hydrogen (secondary N) is 1. The van der Waals surface area contributed by atoms with Gasteiger partial charge in [0.1, 0.15) is 0 Å². The molecule has 1 aliphatic carbocycles. The molecule has 1 rings (SSSR count). The highest BCUT2D eigenvalue weighted by molar-refractivity contribution is 7.99. The lowest BCUT2D eigenvalue weighted by Crippen LogP contribution is -2.46. The van der Waals surface area contributed by atoms with Crippen molar-refractivity contribution in [1.29, 1.82) is 0 Å². The van der Waals surface area contributed by atoms with Gasteiger partial charge in [0.05, 0.1) is 6.61 Å². The molecule has 0 bridgehead atoms. The third-order valence-corrected chi connectivity index (χ3v) is 3.71. The highest BCUT2D eigenvalue weighted by atomic mass is 32.2. The molecule has 0 unspecified atom stereocenters. The third-order valence-electron chi connectivity index (χ3n) is 2.81. The summed E-state index contributed by atoms with van der Waals surface area (Å²) in [5.41, 5.74) is 0.0777. The van der Waals surface area contributed by atoms with Crippen LogP contribution in [0.3, 0.4) is 0 Å². The molecule has 3 heteroatoms. The molecule has 2 N–H and O–H groups in total. The van der Waals surface area contributed by atoms with Crippen LogP contribution in [0.5, 0.6) is 0 Å². The van der Waals surface area contributed by atoms with Crippen LogP contribution < -0.4 is 5.32 Å². The Kier molecular flexibility index (Phi) is 5.14. The second-order valence-electron chi connectivity index (χ2n) is 3.77. The van der Waals surface area contributed by atoms with E-state index < -0.39 is 0 Å². The quantitative estimate of drug-likeness (QED) is 0.644. The first-order valence-corrected chi connectivity index (χ1v) is 6.42. The zero-order valence-corrected chi connectivity index (χ0v) is 9.33. The van der Waals surface area contributed by atoms with Crippen molar-refractivity contribution in [2.45, 2.75) is 38.1 Å². The first kappa shape index (κ1) is 11.3. The van der Waals surface area contributed by atoms with E-state index in [1.807, 2.05) is 11.8 Å². The number of rotatable bonds is 6. The molecule has 0 radical (unpaired) electrons. The van der Waals surface area contributed by atoms with Crippen LogP contribution in [-0.2, 0) is 0 Å². The summed E-state index contributed by atoms with van der Waals surface area (Å²) in [7, 11) is 0. The van der Waals surface area contributed by atoms with Gasteiger partial charge in [0.15, 0.2) is 0 Å². The molecule has 1 fully saturated rings. The van der Waals surface area contributed by atoms with Crippen molar-refractivity contribution < 1.29 is 5.11 Å². The number of aliphatic hydroxyl groups is 1. The van der Waals surface area contributed by atoms with E-state index in [0.29, 0.717) is 6.61 Å². The number of aliphatic hydroxyl groups excluding tert-OH is 1. The molecule has 0 spiro atoms. The first-order chi connectivity index (χ1) is 6.33. The van der Waals surface area contributed by atoms with Gasteiger partial charge in [-0.05, 0) is 18.6 Å². The summed E-state index contributed by atoms with van der Waals surface area (Å²) in [6.07, 6.45) is 4.85. The van der Waals surface area contributed by atoms with Crippen LogP contribution in [-0.4, -0.2) is 35.3 Å². The highest BCUT2D eigenvalue weighted by Gasteiger charge is 2.31. The number of hydrogen-bond acceptors (Lipinski definition) is 3. The molecular formula is C10H21NOS. The largest absolute Gasteiger partial charge is 0.394 e. The van der Waals surface area contributed by atoms with E-state index in [-0.39, 0.29) is 5.54 Å². The van der Waals surface area contributed by atoms with Crippen molar-refractivity contribution in [2.24, 2.45) is 0 Å². The maximum Gasteiger partial charge on any atom is 0.0613 e. The Morgan fingerprint density at radius 1 is 1.38 bits per heavy atom. The SMILES string of the molecule is CCSCCNC1(CO)CCCC1. The second-order valence-corrected chi connectivity index (χ2v) is 5.16. The standard InChI is InChI=1S/C10H21NOS/c1-2-13-8-7-11-10(9-12)5-3-4-6-10/h11-12H,2-9H2,1H3. The molecule has 78 valence electrons. The van der Waals surface area contributed by atoms with E-state index in [4.69, 9.17) is 0 Å². The van der Waals surface area contributed by atoms with Gasteiger partial charge in [0.25, 0.3) is 0 Å². The van der Waals surface area contributed by atoms with E-state index in [1.165, 1.54) is 18.6 Å². The topological polar surface area (TPSA) is 32.3 Å². The van der Waals surface area contributed by atoms with E-state index >= 15 is 0 Å². The van der Waals surface area contributed by atoms with Gasteiger partial charge in [-0.2, -0.15) is 11.8 Å². The normalized spacial score (nSPS) is 20.8. The van der Waals surface area contributed by atoms with Gasteiger partial charge in [-0.15, -0.1) is 0 Å². The molecule has 0 aromatic heterocycles. The fourth-order valence-corrected chi connectivity index (χ4v) is 2.51. The summed E-state index contributed by atoms with van der Waals surface area (Å²) in [5.74, 6) is 2.35. The van der Waals surface area contributed by atoms with Crippen LogP contribution in [0, 0.1) is 0 Å². The zero-order valence-electron chi connectivity index (χ0n) is 8.51. The summed E-state index contributed by atoms with van der Waals surface area (Å²) in [5, 5.41) is 12.8. The molecule has 0 aliphatic heterocycles. The minimum Gasteiger partial charge on any atom is -0.394 e. The molecule has 13 heavy (non-hydrogen) atoms. The van der Waals surface area contributed by atoms with E-state index in [0.717, 1.165) is 25.1 Å². The molecule has 0 aromatic carbocycles. The lowest BCUT2D eigenvalue weighted by molar-refractivity contribution is 0.167. The molecule has 0 amide bonds. The van der Waals surface area contributed by atoms with Crippen molar-refractivity contribution in [3.05, 3.63) is 0 Å². The monoisotopic (exact) mass is 203 g/mol. The molecule has 0 heterocycles. The van der Waals surface area contributed by atoms with Gasteiger partial charge in [0.2, 0.25) is 0 Å². The number of hydrogen-bond donors (Lipinski definition) is 2. The Bertz CT molecular complexity index is 135. The average Bonchev–Trinajstić information content (AvgIpc) is 2.62. The van der Waals surface area contributed by atoms with Gasteiger partial charge >= 0.3 is 0 Å². The smallest absolute Gasteiger partial charge is 0.0613 e. The summed E-state index contributed by atoms with van der Waals surface area (Å²) in [4.78, 5) is 0. The van der Waals surface area contributed by atoms with E-state index in [9.17, 15) is 5.11 Å². The van der Waals surface area contributed by atoms with Crippen molar-refractivity contribution in [3.63, 3.8) is 0 Å². The Labute approximate surface area is 85.5 Å². The molecule has 0 saturated heterocycles. The Morgan fingerprint density at radius 3 is 2.62 bits per heavy atom. The highest BCUT2D eigenvalue weighted by Crippen LogP contribution is 2.28. The third kappa shape index (κ3) is 3.49. The van der Waals surface area contributed by atoms with Crippen molar-refractivity contribution >= 4 is 11.8 Å². The van der Waals surface area contributed by atoms with Crippen LogP contribution in [0.2, 0.25) is 0 Å². The first-order valence-electron chi connectivity index (χ1n) is 5.26. The minimum atomic E-state index is 0.0777. The lowest BCUT2D eigenvalue weighted by Gasteiger charge is -2.28. The van der Waals surface area contributed by atoms with Crippen LogP contribution >= 0.6 is 11.8 Å². The second kappa shape index (κ2) is 5.89.